The van der Waals surface area contributed by atoms with Crippen molar-refractivity contribution in [2.75, 3.05) is 6.61 Å². The molecule has 0 unspecified atom stereocenters. The summed E-state index contributed by atoms with van der Waals surface area (Å²) in [5.41, 5.74) is 2.83. The van der Waals surface area contributed by atoms with E-state index in [1.165, 1.54) is 0 Å². The zero-order valence-electron chi connectivity index (χ0n) is 11.2. The predicted molar refractivity (Wildman–Crippen MR) is 72.7 cm³/mol. The Morgan fingerprint density at radius 1 is 1.40 bits per heavy atom. The van der Waals surface area contributed by atoms with Crippen molar-refractivity contribution in [3.8, 4) is 5.69 Å². The van der Waals surface area contributed by atoms with Crippen LogP contribution < -0.4 is 0 Å². The number of hydrogen-bond donors (Lipinski definition) is 1. The van der Waals surface area contributed by atoms with Gasteiger partial charge in [0.2, 0.25) is 0 Å². The molecule has 1 fully saturated rings. The van der Waals surface area contributed by atoms with Gasteiger partial charge < -0.3 is 9.84 Å². The first-order valence-corrected chi connectivity index (χ1v) is 6.63. The number of carboxylic acids is 1. The van der Waals surface area contributed by atoms with Crippen LogP contribution >= 0.6 is 0 Å². The maximum Gasteiger partial charge on any atom is 0.309 e. The summed E-state index contributed by atoms with van der Waals surface area (Å²) < 4.78 is 7.41. The normalized spacial score (nSPS) is 22.1. The number of benzene rings is 1. The van der Waals surface area contributed by atoms with E-state index in [1.54, 1.807) is 10.9 Å². The van der Waals surface area contributed by atoms with Crippen LogP contribution in [0.2, 0.25) is 0 Å². The van der Waals surface area contributed by atoms with Crippen LogP contribution in [0.25, 0.3) is 5.69 Å². The lowest BCUT2D eigenvalue weighted by Crippen LogP contribution is -2.20. The molecule has 104 valence electrons. The van der Waals surface area contributed by atoms with Crippen molar-refractivity contribution in [3.05, 3.63) is 47.8 Å². The fourth-order valence-electron chi connectivity index (χ4n) is 2.67. The maximum absolute atomic E-state index is 11.3. The highest BCUT2D eigenvalue weighted by Gasteiger charge is 2.37. The average molecular weight is 272 g/mol. The van der Waals surface area contributed by atoms with E-state index in [1.807, 2.05) is 37.3 Å². The Labute approximate surface area is 116 Å². The summed E-state index contributed by atoms with van der Waals surface area (Å²) >= 11 is 0. The van der Waals surface area contributed by atoms with Gasteiger partial charge in [-0.1, -0.05) is 18.2 Å². The molecule has 0 saturated carbocycles. The standard InChI is InChI=1S/C15H16N2O3/c1-10-4-2-3-5-12(10)17-13(6-8-16-17)14-11(15(18)19)7-9-20-14/h2-6,8,11,14H,7,9H2,1H3,(H,18,19)/t11-,14-/m0/s1. The summed E-state index contributed by atoms with van der Waals surface area (Å²) in [5.74, 6) is -1.32. The summed E-state index contributed by atoms with van der Waals surface area (Å²) in [4.78, 5) is 11.3. The fraction of sp³-hybridized carbons (Fsp3) is 0.333. The van der Waals surface area contributed by atoms with Crippen LogP contribution in [0.5, 0.6) is 0 Å². The molecule has 1 aromatic carbocycles. The van der Waals surface area contributed by atoms with E-state index in [-0.39, 0.29) is 0 Å². The molecule has 0 spiro atoms. The second kappa shape index (κ2) is 5.09. The summed E-state index contributed by atoms with van der Waals surface area (Å²) in [5, 5.41) is 13.6. The monoisotopic (exact) mass is 272 g/mol. The first-order chi connectivity index (χ1) is 9.68. The number of carboxylic acid groups (broad SMARTS) is 1. The number of para-hydroxylation sites is 1. The Hall–Kier alpha value is -2.14. The van der Waals surface area contributed by atoms with Gasteiger partial charge in [0.15, 0.2) is 0 Å². The minimum atomic E-state index is -0.815. The van der Waals surface area contributed by atoms with Crippen molar-refractivity contribution < 1.29 is 14.6 Å². The lowest BCUT2D eigenvalue weighted by Gasteiger charge is -2.17. The number of ether oxygens (including phenoxy) is 1. The van der Waals surface area contributed by atoms with Crippen LogP contribution in [0.15, 0.2) is 36.5 Å². The van der Waals surface area contributed by atoms with E-state index in [9.17, 15) is 9.90 Å². The van der Waals surface area contributed by atoms with Crippen molar-refractivity contribution in [2.45, 2.75) is 19.4 Å². The molecule has 0 amide bonds. The molecule has 2 atom stereocenters. The topological polar surface area (TPSA) is 64.4 Å². The second-order valence-electron chi connectivity index (χ2n) is 4.98. The molecule has 3 rings (SSSR count). The van der Waals surface area contributed by atoms with Crippen molar-refractivity contribution in [3.63, 3.8) is 0 Å². The summed E-state index contributed by atoms with van der Waals surface area (Å²) in [6, 6.07) is 9.71. The van der Waals surface area contributed by atoms with Crippen LogP contribution in [0.4, 0.5) is 0 Å². The van der Waals surface area contributed by atoms with Crippen LogP contribution in [0.3, 0.4) is 0 Å². The van der Waals surface area contributed by atoms with Gasteiger partial charge in [-0.2, -0.15) is 5.10 Å². The molecule has 2 heterocycles. The molecular formula is C15H16N2O3. The number of carbonyl (C=O) groups is 1. The number of rotatable bonds is 3. The van der Waals surface area contributed by atoms with Gasteiger partial charge in [-0.05, 0) is 31.0 Å². The molecule has 1 aromatic heterocycles. The Bertz CT molecular complexity index is 636. The fourth-order valence-corrected chi connectivity index (χ4v) is 2.67. The van der Waals surface area contributed by atoms with E-state index in [2.05, 4.69) is 5.10 Å². The molecule has 0 radical (unpaired) electrons. The number of hydrogen-bond acceptors (Lipinski definition) is 3. The molecule has 2 aromatic rings. The summed E-state index contributed by atoms with van der Waals surface area (Å²) in [7, 11) is 0. The van der Waals surface area contributed by atoms with E-state index in [0.717, 1.165) is 16.9 Å². The zero-order valence-corrected chi connectivity index (χ0v) is 11.2. The minimum absolute atomic E-state index is 0.436. The quantitative estimate of drug-likeness (QED) is 0.931. The van der Waals surface area contributed by atoms with Crippen molar-refractivity contribution >= 4 is 5.97 Å². The second-order valence-corrected chi connectivity index (χ2v) is 4.98. The van der Waals surface area contributed by atoms with Crippen LogP contribution in [0, 0.1) is 12.8 Å². The molecule has 5 heteroatoms. The Morgan fingerprint density at radius 2 is 2.20 bits per heavy atom. The van der Waals surface area contributed by atoms with Gasteiger partial charge in [-0.15, -0.1) is 0 Å². The molecule has 1 saturated heterocycles. The number of aromatic nitrogens is 2. The Morgan fingerprint density at radius 3 is 2.95 bits per heavy atom. The van der Waals surface area contributed by atoms with E-state index in [4.69, 9.17) is 4.74 Å². The van der Waals surface area contributed by atoms with Crippen LogP contribution in [-0.2, 0) is 9.53 Å². The molecule has 1 N–H and O–H groups in total. The molecule has 0 bridgehead atoms. The lowest BCUT2D eigenvalue weighted by molar-refractivity contribution is -0.143. The smallest absolute Gasteiger partial charge is 0.309 e. The molecule has 1 aliphatic rings. The highest BCUT2D eigenvalue weighted by molar-refractivity contribution is 5.71. The highest BCUT2D eigenvalue weighted by atomic mass is 16.5. The van der Waals surface area contributed by atoms with Crippen molar-refractivity contribution in [1.29, 1.82) is 0 Å². The van der Waals surface area contributed by atoms with E-state index < -0.39 is 18.0 Å². The molecule has 0 aliphatic carbocycles. The number of aliphatic carboxylic acids is 1. The van der Waals surface area contributed by atoms with E-state index in [0.29, 0.717) is 13.0 Å². The number of aryl methyl sites for hydroxylation is 1. The Balaban J connectivity index is 2.03. The Kier molecular flexibility index (Phi) is 3.28. The average Bonchev–Trinajstić information content (AvgIpc) is 3.07. The van der Waals surface area contributed by atoms with Gasteiger partial charge in [-0.3, -0.25) is 4.79 Å². The SMILES string of the molecule is Cc1ccccc1-n1nccc1[C@H]1OCC[C@@H]1C(=O)O. The van der Waals surface area contributed by atoms with Gasteiger partial charge in [0, 0.05) is 12.8 Å². The van der Waals surface area contributed by atoms with Crippen molar-refractivity contribution in [1.82, 2.24) is 9.78 Å². The molecular weight excluding hydrogens is 256 g/mol. The first-order valence-electron chi connectivity index (χ1n) is 6.63. The third-order valence-corrected chi connectivity index (χ3v) is 3.72. The third-order valence-electron chi connectivity index (χ3n) is 3.72. The molecule has 1 aliphatic heterocycles. The first kappa shape index (κ1) is 12.9. The highest BCUT2D eigenvalue weighted by Crippen LogP contribution is 2.35. The van der Waals surface area contributed by atoms with E-state index >= 15 is 0 Å². The summed E-state index contributed by atoms with van der Waals surface area (Å²) in [6.07, 6.45) is 1.79. The maximum atomic E-state index is 11.3. The van der Waals surface area contributed by atoms with Crippen LogP contribution in [0.1, 0.15) is 23.8 Å². The van der Waals surface area contributed by atoms with Crippen LogP contribution in [-0.4, -0.2) is 27.5 Å². The van der Waals surface area contributed by atoms with Crippen molar-refractivity contribution in [2.24, 2.45) is 5.92 Å². The molecule has 5 nitrogen and oxygen atoms in total. The van der Waals surface area contributed by atoms with Gasteiger partial charge in [0.25, 0.3) is 0 Å². The lowest BCUT2D eigenvalue weighted by atomic mass is 9.99. The zero-order chi connectivity index (χ0) is 14.1. The van der Waals surface area contributed by atoms with Gasteiger partial charge in [0.1, 0.15) is 6.10 Å². The minimum Gasteiger partial charge on any atom is -0.481 e. The van der Waals surface area contributed by atoms with Gasteiger partial charge >= 0.3 is 5.97 Å². The summed E-state index contributed by atoms with van der Waals surface area (Å²) in [6.45, 7) is 2.48. The number of nitrogens with zero attached hydrogens (tertiary/aromatic N) is 2. The largest absolute Gasteiger partial charge is 0.481 e. The van der Waals surface area contributed by atoms with Gasteiger partial charge in [0.05, 0.1) is 17.3 Å². The molecule has 20 heavy (non-hydrogen) atoms. The predicted octanol–water partition coefficient (Wildman–Crippen LogP) is 2.34. The van der Waals surface area contributed by atoms with Gasteiger partial charge in [-0.25, -0.2) is 4.68 Å². The third kappa shape index (κ3) is 2.10.